The summed E-state index contributed by atoms with van der Waals surface area (Å²) in [4.78, 5) is 0. The molecular weight excluding hydrogens is 271 g/mol. The van der Waals surface area contributed by atoms with Crippen LogP contribution in [0, 0.1) is 5.82 Å². The lowest BCUT2D eigenvalue weighted by atomic mass is 10.1. The first-order valence-electron chi connectivity index (χ1n) is 6.31. The topological polar surface area (TPSA) is 66.0 Å². The number of methoxy groups -OCH3 is 1. The highest BCUT2D eigenvalue weighted by Gasteiger charge is 2.15. The second-order valence-corrected chi connectivity index (χ2v) is 4.41. The Hall–Kier alpha value is -2.89. The van der Waals surface area contributed by atoms with Crippen LogP contribution in [0.4, 0.5) is 10.2 Å². The molecule has 1 heterocycles. The monoisotopic (exact) mass is 284 g/mol. The first-order chi connectivity index (χ1) is 10.2. The van der Waals surface area contributed by atoms with Crippen LogP contribution < -0.4 is 10.5 Å². The molecule has 3 aromatic rings. The van der Waals surface area contributed by atoms with Gasteiger partial charge in [-0.15, -0.1) is 5.10 Å². The normalized spacial score (nSPS) is 10.6. The maximum Gasteiger partial charge on any atom is 0.156 e. The summed E-state index contributed by atoms with van der Waals surface area (Å²) in [5.41, 5.74) is 8.02. The SMILES string of the molecule is COc1ccccc1-n1nnc(-c2ccc(F)cc2)c1N. The van der Waals surface area contributed by atoms with Crippen LogP contribution in [0.2, 0.25) is 0 Å². The maximum absolute atomic E-state index is 13.0. The van der Waals surface area contributed by atoms with Gasteiger partial charge < -0.3 is 10.5 Å². The Morgan fingerprint density at radius 1 is 1.10 bits per heavy atom. The number of hydrogen-bond donors (Lipinski definition) is 1. The van der Waals surface area contributed by atoms with E-state index in [1.54, 1.807) is 19.2 Å². The number of ether oxygens (including phenoxy) is 1. The minimum absolute atomic E-state index is 0.311. The van der Waals surface area contributed by atoms with Gasteiger partial charge in [0, 0.05) is 5.56 Å². The first kappa shape index (κ1) is 13.1. The van der Waals surface area contributed by atoms with Crippen LogP contribution in [0.15, 0.2) is 48.5 Å². The summed E-state index contributed by atoms with van der Waals surface area (Å²) in [5.74, 6) is 0.695. The second-order valence-electron chi connectivity index (χ2n) is 4.41. The Morgan fingerprint density at radius 3 is 2.52 bits per heavy atom. The molecule has 0 saturated heterocycles. The van der Waals surface area contributed by atoms with E-state index in [-0.39, 0.29) is 5.82 Å². The molecule has 0 aliphatic carbocycles. The Morgan fingerprint density at radius 2 is 1.81 bits per heavy atom. The third-order valence-electron chi connectivity index (χ3n) is 3.14. The molecule has 2 N–H and O–H groups in total. The highest BCUT2D eigenvalue weighted by Crippen LogP contribution is 2.29. The van der Waals surface area contributed by atoms with Gasteiger partial charge in [-0.25, -0.2) is 4.39 Å². The number of rotatable bonds is 3. The summed E-state index contributed by atoms with van der Waals surface area (Å²) in [6, 6.07) is 13.3. The minimum Gasteiger partial charge on any atom is -0.494 e. The van der Waals surface area contributed by atoms with Gasteiger partial charge in [0.2, 0.25) is 0 Å². The molecule has 106 valence electrons. The quantitative estimate of drug-likeness (QED) is 0.803. The Balaban J connectivity index is 2.09. The van der Waals surface area contributed by atoms with E-state index in [1.807, 2.05) is 24.3 Å². The van der Waals surface area contributed by atoms with Crippen molar-refractivity contribution < 1.29 is 9.13 Å². The van der Waals surface area contributed by atoms with Crippen LogP contribution in [-0.2, 0) is 0 Å². The third-order valence-corrected chi connectivity index (χ3v) is 3.14. The van der Waals surface area contributed by atoms with E-state index in [0.717, 1.165) is 0 Å². The van der Waals surface area contributed by atoms with Gasteiger partial charge in [0.25, 0.3) is 0 Å². The lowest BCUT2D eigenvalue weighted by Gasteiger charge is -2.08. The second kappa shape index (κ2) is 5.24. The van der Waals surface area contributed by atoms with Crippen molar-refractivity contribution in [1.29, 1.82) is 0 Å². The van der Waals surface area contributed by atoms with Crippen LogP contribution in [0.1, 0.15) is 0 Å². The van der Waals surface area contributed by atoms with Gasteiger partial charge >= 0.3 is 0 Å². The van der Waals surface area contributed by atoms with Crippen LogP contribution in [0.5, 0.6) is 5.75 Å². The zero-order valence-corrected chi connectivity index (χ0v) is 11.3. The number of hydrogen-bond acceptors (Lipinski definition) is 4. The largest absolute Gasteiger partial charge is 0.494 e. The zero-order chi connectivity index (χ0) is 14.8. The number of benzene rings is 2. The van der Waals surface area contributed by atoms with Crippen molar-refractivity contribution in [2.75, 3.05) is 12.8 Å². The van der Waals surface area contributed by atoms with E-state index in [4.69, 9.17) is 10.5 Å². The molecule has 0 radical (unpaired) electrons. The van der Waals surface area contributed by atoms with Crippen LogP contribution >= 0.6 is 0 Å². The summed E-state index contributed by atoms with van der Waals surface area (Å²) in [7, 11) is 1.58. The lowest BCUT2D eigenvalue weighted by molar-refractivity contribution is 0.411. The average molecular weight is 284 g/mol. The van der Waals surface area contributed by atoms with Crippen molar-refractivity contribution in [1.82, 2.24) is 15.0 Å². The van der Waals surface area contributed by atoms with Gasteiger partial charge in [0.05, 0.1) is 7.11 Å². The number of anilines is 1. The molecule has 0 aliphatic heterocycles. The average Bonchev–Trinajstić information content (AvgIpc) is 2.89. The molecule has 6 heteroatoms. The van der Waals surface area contributed by atoms with Gasteiger partial charge in [-0.3, -0.25) is 0 Å². The number of nitrogens with two attached hydrogens (primary N) is 1. The molecule has 0 spiro atoms. The summed E-state index contributed by atoms with van der Waals surface area (Å²) in [6.07, 6.45) is 0. The predicted octanol–water partition coefficient (Wildman–Crippen LogP) is 2.66. The maximum atomic E-state index is 13.0. The van der Waals surface area contributed by atoms with Crippen molar-refractivity contribution in [3.05, 3.63) is 54.3 Å². The van der Waals surface area contributed by atoms with E-state index < -0.39 is 0 Å². The molecule has 0 atom stereocenters. The molecule has 0 bridgehead atoms. The highest BCUT2D eigenvalue weighted by atomic mass is 19.1. The Labute approximate surface area is 120 Å². The Kier molecular flexibility index (Phi) is 3.27. The molecule has 0 aliphatic rings. The third kappa shape index (κ3) is 2.31. The highest BCUT2D eigenvalue weighted by molar-refractivity contribution is 5.71. The lowest BCUT2D eigenvalue weighted by Crippen LogP contribution is -2.04. The van der Waals surface area contributed by atoms with Crippen molar-refractivity contribution in [2.24, 2.45) is 0 Å². The molecule has 3 rings (SSSR count). The predicted molar refractivity (Wildman–Crippen MR) is 77.7 cm³/mol. The molecule has 0 saturated carbocycles. The number of para-hydroxylation sites is 2. The fraction of sp³-hybridized carbons (Fsp3) is 0.0667. The summed E-state index contributed by atoms with van der Waals surface area (Å²) in [6.45, 7) is 0. The summed E-state index contributed by atoms with van der Waals surface area (Å²) < 4.78 is 19.8. The van der Waals surface area contributed by atoms with Crippen LogP contribution in [-0.4, -0.2) is 22.1 Å². The zero-order valence-electron chi connectivity index (χ0n) is 11.3. The van der Waals surface area contributed by atoms with E-state index in [9.17, 15) is 4.39 Å². The van der Waals surface area contributed by atoms with Gasteiger partial charge in [0.15, 0.2) is 5.82 Å². The van der Waals surface area contributed by atoms with Gasteiger partial charge in [-0.2, -0.15) is 4.68 Å². The summed E-state index contributed by atoms with van der Waals surface area (Å²) in [5, 5.41) is 8.14. The molecular formula is C15H13FN4O. The Bertz CT molecular complexity index is 768. The fourth-order valence-electron chi connectivity index (χ4n) is 2.09. The van der Waals surface area contributed by atoms with E-state index in [0.29, 0.717) is 28.5 Å². The molecule has 5 nitrogen and oxygen atoms in total. The van der Waals surface area contributed by atoms with Gasteiger partial charge in [-0.05, 0) is 36.4 Å². The van der Waals surface area contributed by atoms with E-state index in [1.165, 1.54) is 16.8 Å². The van der Waals surface area contributed by atoms with Crippen molar-refractivity contribution in [2.45, 2.75) is 0 Å². The minimum atomic E-state index is -0.311. The number of halogens is 1. The van der Waals surface area contributed by atoms with Gasteiger partial charge in [0.1, 0.15) is 22.9 Å². The van der Waals surface area contributed by atoms with E-state index >= 15 is 0 Å². The first-order valence-corrected chi connectivity index (χ1v) is 6.31. The molecule has 0 amide bonds. The number of nitrogen functional groups attached to an aromatic ring is 1. The summed E-state index contributed by atoms with van der Waals surface area (Å²) >= 11 is 0. The standard InChI is InChI=1S/C15H13FN4O/c1-21-13-5-3-2-4-12(13)20-15(17)14(18-19-20)10-6-8-11(16)9-7-10/h2-9H,17H2,1H3. The number of aromatic nitrogens is 3. The molecule has 21 heavy (non-hydrogen) atoms. The van der Waals surface area contributed by atoms with Crippen molar-refractivity contribution in [3.63, 3.8) is 0 Å². The molecule has 0 fully saturated rings. The van der Waals surface area contributed by atoms with Gasteiger partial charge in [-0.1, -0.05) is 17.3 Å². The molecule has 0 unspecified atom stereocenters. The van der Waals surface area contributed by atoms with Crippen molar-refractivity contribution in [3.8, 4) is 22.7 Å². The van der Waals surface area contributed by atoms with Crippen LogP contribution in [0.25, 0.3) is 16.9 Å². The number of nitrogens with zero attached hydrogens (tertiary/aromatic N) is 3. The van der Waals surface area contributed by atoms with Crippen molar-refractivity contribution >= 4 is 5.82 Å². The molecule has 1 aromatic heterocycles. The van der Waals surface area contributed by atoms with E-state index in [2.05, 4.69) is 10.3 Å². The molecule has 2 aromatic carbocycles. The van der Waals surface area contributed by atoms with Crippen LogP contribution in [0.3, 0.4) is 0 Å². The fourth-order valence-corrected chi connectivity index (χ4v) is 2.09. The smallest absolute Gasteiger partial charge is 0.156 e.